The number of aromatic amines is 1. The van der Waals surface area contributed by atoms with Crippen LogP contribution in [-0.2, 0) is 16.0 Å². The average molecular weight is 210 g/mol. The van der Waals surface area contributed by atoms with Gasteiger partial charge in [-0.15, -0.1) is 0 Å². The first-order chi connectivity index (χ1) is 7.04. The van der Waals surface area contributed by atoms with Crippen LogP contribution in [0.3, 0.4) is 0 Å². The van der Waals surface area contributed by atoms with Crippen molar-refractivity contribution in [3.63, 3.8) is 0 Å². The van der Waals surface area contributed by atoms with Gasteiger partial charge in [-0.05, 0) is 32.4 Å². The van der Waals surface area contributed by atoms with Crippen LogP contribution in [0.15, 0.2) is 6.07 Å². The van der Waals surface area contributed by atoms with Gasteiger partial charge in [-0.2, -0.15) is 0 Å². The Morgan fingerprint density at radius 1 is 1.60 bits per heavy atom. The van der Waals surface area contributed by atoms with Crippen LogP contribution in [0.4, 0.5) is 0 Å². The molecule has 1 atom stereocenters. The zero-order chi connectivity index (χ0) is 11.4. The molecule has 1 rings (SSSR count). The number of carbonyl (C=O) groups excluding carboxylic acids is 1. The lowest BCUT2D eigenvalue weighted by Gasteiger charge is -2.09. The Hall–Kier alpha value is -1.29. The second-order valence-electron chi connectivity index (χ2n) is 3.68. The Kier molecular flexibility index (Phi) is 3.91. The number of hydrogen-bond acceptors (Lipinski definition) is 3. The fraction of sp³-hybridized carbons (Fsp3) is 0.545. The molecule has 0 aromatic carbocycles. The third-order valence-corrected chi connectivity index (χ3v) is 2.27. The second kappa shape index (κ2) is 4.98. The number of aryl methyl sites for hydroxylation is 2. The third kappa shape index (κ3) is 3.09. The Morgan fingerprint density at radius 3 is 2.73 bits per heavy atom. The third-order valence-electron chi connectivity index (χ3n) is 2.27. The van der Waals surface area contributed by atoms with Crippen LogP contribution in [0.1, 0.15) is 23.9 Å². The number of hydrogen-bond donors (Lipinski definition) is 2. The molecule has 1 aromatic heterocycles. The molecule has 0 saturated heterocycles. The van der Waals surface area contributed by atoms with Crippen LogP contribution in [0.5, 0.6) is 0 Å². The molecule has 4 nitrogen and oxygen atoms in total. The summed E-state index contributed by atoms with van der Waals surface area (Å²) >= 11 is 0. The number of H-pyrrole nitrogens is 1. The fourth-order valence-corrected chi connectivity index (χ4v) is 1.55. The second-order valence-corrected chi connectivity index (χ2v) is 3.68. The van der Waals surface area contributed by atoms with Gasteiger partial charge in [0, 0.05) is 17.8 Å². The van der Waals surface area contributed by atoms with E-state index in [0.717, 1.165) is 17.0 Å². The van der Waals surface area contributed by atoms with Gasteiger partial charge in [0.1, 0.15) is 6.04 Å². The first-order valence-corrected chi connectivity index (χ1v) is 5.12. The van der Waals surface area contributed by atoms with Gasteiger partial charge in [-0.1, -0.05) is 0 Å². The summed E-state index contributed by atoms with van der Waals surface area (Å²) in [5.41, 5.74) is 8.94. The molecule has 0 aliphatic carbocycles. The SMILES string of the molecule is CCOC(=O)C(N)Cc1[nH]c(C)cc1C. The Labute approximate surface area is 89.8 Å². The molecular weight excluding hydrogens is 192 g/mol. The Morgan fingerprint density at radius 2 is 2.27 bits per heavy atom. The number of rotatable bonds is 4. The predicted molar refractivity (Wildman–Crippen MR) is 58.6 cm³/mol. The summed E-state index contributed by atoms with van der Waals surface area (Å²) in [6.07, 6.45) is 0.499. The zero-order valence-corrected chi connectivity index (χ0v) is 9.46. The summed E-state index contributed by atoms with van der Waals surface area (Å²) in [6, 6.07) is 1.45. The molecule has 0 radical (unpaired) electrons. The van der Waals surface area contributed by atoms with Crippen molar-refractivity contribution in [2.45, 2.75) is 33.2 Å². The zero-order valence-electron chi connectivity index (χ0n) is 9.46. The Balaban J connectivity index is 2.61. The van der Waals surface area contributed by atoms with Gasteiger partial charge >= 0.3 is 5.97 Å². The average Bonchev–Trinajstić information content (AvgIpc) is 2.45. The highest BCUT2D eigenvalue weighted by Crippen LogP contribution is 2.10. The first-order valence-electron chi connectivity index (χ1n) is 5.12. The van der Waals surface area contributed by atoms with Crippen LogP contribution in [-0.4, -0.2) is 23.6 Å². The van der Waals surface area contributed by atoms with E-state index in [1.807, 2.05) is 19.9 Å². The number of nitrogens with two attached hydrogens (primary N) is 1. The van der Waals surface area contributed by atoms with Crippen molar-refractivity contribution in [3.8, 4) is 0 Å². The highest BCUT2D eigenvalue weighted by atomic mass is 16.5. The largest absolute Gasteiger partial charge is 0.465 e. The fourth-order valence-electron chi connectivity index (χ4n) is 1.55. The van der Waals surface area contributed by atoms with E-state index in [4.69, 9.17) is 10.5 Å². The first kappa shape index (κ1) is 11.8. The molecule has 15 heavy (non-hydrogen) atoms. The standard InChI is InChI=1S/C11H18N2O2/c1-4-15-11(14)9(12)6-10-7(2)5-8(3)13-10/h5,9,13H,4,6,12H2,1-3H3. The Bertz CT molecular complexity index is 344. The molecule has 1 aromatic rings. The summed E-state index contributed by atoms with van der Waals surface area (Å²) in [5, 5.41) is 0. The highest BCUT2D eigenvalue weighted by Gasteiger charge is 2.16. The molecule has 0 saturated carbocycles. The van der Waals surface area contributed by atoms with E-state index in [1.165, 1.54) is 0 Å². The minimum atomic E-state index is -0.582. The summed E-state index contributed by atoms with van der Waals surface area (Å²) in [4.78, 5) is 14.5. The van der Waals surface area contributed by atoms with E-state index in [9.17, 15) is 4.79 Å². The van der Waals surface area contributed by atoms with E-state index in [2.05, 4.69) is 4.98 Å². The van der Waals surface area contributed by atoms with E-state index in [0.29, 0.717) is 13.0 Å². The van der Waals surface area contributed by atoms with Crippen molar-refractivity contribution in [2.75, 3.05) is 6.61 Å². The normalized spacial score (nSPS) is 12.5. The van der Waals surface area contributed by atoms with Crippen molar-refractivity contribution in [1.29, 1.82) is 0 Å². The number of esters is 1. The van der Waals surface area contributed by atoms with Gasteiger partial charge < -0.3 is 15.5 Å². The molecule has 0 bridgehead atoms. The number of aromatic nitrogens is 1. The van der Waals surface area contributed by atoms with Crippen molar-refractivity contribution in [2.24, 2.45) is 5.73 Å². The minimum Gasteiger partial charge on any atom is -0.465 e. The van der Waals surface area contributed by atoms with Crippen molar-refractivity contribution >= 4 is 5.97 Å². The van der Waals surface area contributed by atoms with E-state index in [1.54, 1.807) is 6.92 Å². The van der Waals surface area contributed by atoms with Crippen molar-refractivity contribution in [1.82, 2.24) is 4.98 Å². The predicted octanol–water partition coefficient (Wildman–Crippen LogP) is 1.06. The van der Waals surface area contributed by atoms with Gasteiger partial charge in [-0.3, -0.25) is 4.79 Å². The van der Waals surface area contributed by atoms with Gasteiger partial charge in [0.05, 0.1) is 6.61 Å². The number of nitrogens with one attached hydrogen (secondary N) is 1. The molecule has 3 N–H and O–H groups in total. The van der Waals surface area contributed by atoms with Crippen LogP contribution in [0, 0.1) is 13.8 Å². The summed E-state index contributed by atoms with van der Waals surface area (Å²) in [5.74, 6) is -0.343. The molecule has 0 amide bonds. The van der Waals surface area contributed by atoms with Crippen LogP contribution in [0.25, 0.3) is 0 Å². The molecule has 0 spiro atoms. The topological polar surface area (TPSA) is 68.1 Å². The molecular formula is C11H18N2O2. The number of carbonyl (C=O) groups is 1. The monoisotopic (exact) mass is 210 g/mol. The van der Waals surface area contributed by atoms with E-state index < -0.39 is 6.04 Å². The molecule has 1 heterocycles. The molecule has 1 unspecified atom stereocenters. The molecule has 4 heteroatoms. The summed E-state index contributed by atoms with van der Waals surface area (Å²) in [7, 11) is 0. The van der Waals surface area contributed by atoms with Gasteiger partial charge in [-0.25, -0.2) is 0 Å². The van der Waals surface area contributed by atoms with Gasteiger partial charge in [0.15, 0.2) is 0 Å². The minimum absolute atomic E-state index is 0.343. The molecule has 84 valence electrons. The molecule has 0 aliphatic heterocycles. The van der Waals surface area contributed by atoms with Crippen LogP contribution >= 0.6 is 0 Å². The summed E-state index contributed by atoms with van der Waals surface area (Å²) in [6.45, 7) is 6.12. The maximum Gasteiger partial charge on any atom is 0.323 e. The lowest BCUT2D eigenvalue weighted by molar-refractivity contribution is -0.144. The maximum atomic E-state index is 11.3. The summed E-state index contributed by atoms with van der Waals surface area (Å²) < 4.78 is 4.84. The van der Waals surface area contributed by atoms with Gasteiger partial charge in [0.25, 0.3) is 0 Å². The van der Waals surface area contributed by atoms with Crippen LogP contribution < -0.4 is 5.73 Å². The lowest BCUT2D eigenvalue weighted by Crippen LogP contribution is -2.34. The lowest BCUT2D eigenvalue weighted by atomic mass is 10.1. The van der Waals surface area contributed by atoms with Crippen molar-refractivity contribution in [3.05, 3.63) is 23.0 Å². The van der Waals surface area contributed by atoms with Crippen LogP contribution in [0.2, 0.25) is 0 Å². The van der Waals surface area contributed by atoms with E-state index in [-0.39, 0.29) is 5.97 Å². The van der Waals surface area contributed by atoms with E-state index >= 15 is 0 Å². The molecule has 0 aliphatic rings. The highest BCUT2D eigenvalue weighted by molar-refractivity contribution is 5.75. The maximum absolute atomic E-state index is 11.3. The quantitative estimate of drug-likeness (QED) is 0.730. The van der Waals surface area contributed by atoms with Gasteiger partial charge in [0.2, 0.25) is 0 Å². The smallest absolute Gasteiger partial charge is 0.323 e. The molecule has 0 fully saturated rings. The van der Waals surface area contributed by atoms with Crippen molar-refractivity contribution < 1.29 is 9.53 Å². The number of ether oxygens (including phenoxy) is 1.